The zero-order chi connectivity index (χ0) is 16.2. The molecule has 0 radical (unpaired) electrons. The Morgan fingerprint density at radius 3 is 2.78 bits per heavy atom. The maximum atomic E-state index is 13.5. The Kier molecular flexibility index (Phi) is 2.96. The fourth-order valence-electron chi connectivity index (χ4n) is 3.16. The van der Waals surface area contributed by atoms with Crippen molar-refractivity contribution in [3.8, 4) is 17.2 Å². The average Bonchev–Trinajstić information content (AvgIpc) is 3.14. The first kappa shape index (κ1) is 14.2. The molecule has 4 rings (SSSR count). The maximum absolute atomic E-state index is 13.5. The van der Waals surface area contributed by atoms with Crippen LogP contribution in [0.1, 0.15) is 11.3 Å². The molecular weight excluding hydrogens is 309 g/mol. The van der Waals surface area contributed by atoms with Crippen molar-refractivity contribution >= 4 is 10.8 Å². The molecule has 0 spiro atoms. The molecule has 4 nitrogen and oxygen atoms in total. The predicted molar refractivity (Wildman–Crippen MR) is 78.0 cm³/mol. The van der Waals surface area contributed by atoms with Crippen LogP contribution in [0.4, 0.5) is 13.2 Å². The van der Waals surface area contributed by atoms with Gasteiger partial charge in [0.15, 0.2) is 5.88 Å². The number of benzene rings is 1. The van der Waals surface area contributed by atoms with Crippen molar-refractivity contribution in [2.24, 2.45) is 0 Å². The molecule has 23 heavy (non-hydrogen) atoms. The van der Waals surface area contributed by atoms with E-state index in [0.29, 0.717) is 42.0 Å². The highest BCUT2D eigenvalue weighted by molar-refractivity contribution is 5.97. The van der Waals surface area contributed by atoms with Crippen LogP contribution in [0.15, 0.2) is 34.9 Å². The Balaban J connectivity index is 2.10. The number of nitrogens with zero attached hydrogens (tertiary/aromatic N) is 1. The monoisotopic (exact) mass is 322 g/mol. The number of hydrogen-bond donors (Lipinski definition) is 2. The van der Waals surface area contributed by atoms with Gasteiger partial charge in [0, 0.05) is 36.3 Å². The summed E-state index contributed by atoms with van der Waals surface area (Å²) >= 11 is 0. The van der Waals surface area contributed by atoms with E-state index in [1.54, 1.807) is 22.8 Å². The SMILES string of the molecule is Oc1c2c(C(F)(F)F)cc(-c3ccco3)cc2c2n1CCNC2. The van der Waals surface area contributed by atoms with Crippen LogP contribution in [0, 0.1) is 0 Å². The summed E-state index contributed by atoms with van der Waals surface area (Å²) in [6.45, 7) is 1.45. The maximum Gasteiger partial charge on any atom is 0.417 e. The lowest BCUT2D eigenvalue weighted by Crippen LogP contribution is -2.27. The smallest absolute Gasteiger partial charge is 0.417 e. The number of fused-ring (bicyclic) bond motifs is 3. The van der Waals surface area contributed by atoms with Crippen LogP contribution < -0.4 is 5.32 Å². The third-order valence-corrected chi connectivity index (χ3v) is 4.17. The summed E-state index contributed by atoms with van der Waals surface area (Å²) in [4.78, 5) is 0. The summed E-state index contributed by atoms with van der Waals surface area (Å²) < 4.78 is 47.3. The number of aromatic nitrogens is 1. The first-order chi connectivity index (χ1) is 11.0. The van der Waals surface area contributed by atoms with Crippen LogP contribution in [0.5, 0.6) is 5.88 Å². The number of nitrogens with one attached hydrogen (secondary N) is 1. The van der Waals surface area contributed by atoms with Crippen LogP contribution in [-0.2, 0) is 19.3 Å². The zero-order valence-corrected chi connectivity index (χ0v) is 11.9. The average molecular weight is 322 g/mol. The van der Waals surface area contributed by atoms with Crippen molar-refractivity contribution < 1.29 is 22.7 Å². The molecule has 0 atom stereocenters. The zero-order valence-electron chi connectivity index (χ0n) is 11.9. The molecule has 120 valence electrons. The molecule has 0 unspecified atom stereocenters. The van der Waals surface area contributed by atoms with E-state index in [2.05, 4.69) is 5.32 Å². The minimum Gasteiger partial charge on any atom is -0.494 e. The van der Waals surface area contributed by atoms with E-state index in [1.165, 1.54) is 6.26 Å². The second-order valence-corrected chi connectivity index (χ2v) is 5.52. The summed E-state index contributed by atoms with van der Waals surface area (Å²) in [5.41, 5.74) is 0.150. The van der Waals surface area contributed by atoms with Crippen molar-refractivity contribution in [3.05, 3.63) is 41.8 Å². The Labute approximate surface area is 129 Å². The first-order valence-electron chi connectivity index (χ1n) is 7.16. The fraction of sp³-hybridized carbons (Fsp3) is 0.250. The standard InChI is InChI=1S/C16H13F3N2O2/c17-16(18,19)11-7-9(13-2-1-5-23-13)6-10-12-8-20-3-4-21(12)15(22)14(10)11/h1-2,5-7,20,22H,3-4,8H2. The van der Waals surface area contributed by atoms with E-state index in [-0.39, 0.29) is 11.3 Å². The topological polar surface area (TPSA) is 50.3 Å². The Hall–Kier alpha value is -2.41. The minimum absolute atomic E-state index is 0.147. The lowest BCUT2D eigenvalue weighted by atomic mass is 10.0. The van der Waals surface area contributed by atoms with Crippen LogP contribution >= 0.6 is 0 Å². The molecule has 1 aliphatic rings. The fourth-order valence-corrected chi connectivity index (χ4v) is 3.16. The van der Waals surface area contributed by atoms with Gasteiger partial charge in [-0.15, -0.1) is 0 Å². The predicted octanol–water partition coefficient (Wildman–Crippen LogP) is 3.73. The molecule has 2 N–H and O–H groups in total. The second-order valence-electron chi connectivity index (χ2n) is 5.52. The van der Waals surface area contributed by atoms with Crippen molar-refractivity contribution in [1.29, 1.82) is 0 Å². The van der Waals surface area contributed by atoms with Gasteiger partial charge in [-0.1, -0.05) is 0 Å². The molecule has 0 amide bonds. The van der Waals surface area contributed by atoms with Gasteiger partial charge in [-0.3, -0.25) is 0 Å². The van der Waals surface area contributed by atoms with Gasteiger partial charge in [-0.25, -0.2) is 0 Å². The van der Waals surface area contributed by atoms with Crippen LogP contribution in [0.3, 0.4) is 0 Å². The van der Waals surface area contributed by atoms with E-state index in [1.807, 2.05) is 0 Å². The van der Waals surface area contributed by atoms with Gasteiger partial charge in [-0.2, -0.15) is 13.2 Å². The molecule has 1 aromatic carbocycles. The van der Waals surface area contributed by atoms with E-state index in [0.717, 1.165) is 6.07 Å². The molecule has 1 aliphatic heterocycles. The van der Waals surface area contributed by atoms with Crippen LogP contribution in [0.25, 0.3) is 22.1 Å². The van der Waals surface area contributed by atoms with E-state index >= 15 is 0 Å². The van der Waals surface area contributed by atoms with Gasteiger partial charge in [0.05, 0.1) is 17.2 Å². The third-order valence-electron chi connectivity index (χ3n) is 4.17. The normalized spacial score (nSPS) is 15.1. The van der Waals surface area contributed by atoms with Crippen LogP contribution in [-0.4, -0.2) is 16.2 Å². The number of rotatable bonds is 1. The Morgan fingerprint density at radius 1 is 1.26 bits per heavy atom. The van der Waals surface area contributed by atoms with Crippen molar-refractivity contribution in [2.45, 2.75) is 19.3 Å². The lowest BCUT2D eigenvalue weighted by molar-refractivity contribution is -0.136. The van der Waals surface area contributed by atoms with Gasteiger partial charge in [-0.05, 0) is 24.3 Å². The highest BCUT2D eigenvalue weighted by atomic mass is 19.4. The highest BCUT2D eigenvalue weighted by Gasteiger charge is 2.36. The van der Waals surface area contributed by atoms with Gasteiger partial charge in [0.2, 0.25) is 0 Å². The molecule has 0 fully saturated rings. The minimum atomic E-state index is -4.57. The first-order valence-corrected chi connectivity index (χ1v) is 7.16. The number of alkyl halides is 3. The van der Waals surface area contributed by atoms with E-state index in [4.69, 9.17) is 4.42 Å². The number of halogens is 3. The quantitative estimate of drug-likeness (QED) is 0.718. The largest absolute Gasteiger partial charge is 0.494 e. The van der Waals surface area contributed by atoms with Crippen molar-refractivity contribution in [1.82, 2.24) is 9.88 Å². The molecule has 0 aliphatic carbocycles. The number of furan rings is 1. The molecule has 0 saturated carbocycles. The van der Waals surface area contributed by atoms with E-state index in [9.17, 15) is 18.3 Å². The van der Waals surface area contributed by atoms with Gasteiger partial charge < -0.3 is 19.4 Å². The third kappa shape index (κ3) is 2.11. The Morgan fingerprint density at radius 2 is 2.09 bits per heavy atom. The lowest BCUT2D eigenvalue weighted by Gasteiger charge is -2.17. The molecule has 0 bridgehead atoms. The molecule has 0 saturated heterocycles. The molecular formula is C16H13F3N2O2. The van der Waals surface area contributed by atoms with Crippen molar-refractivity contribution in [2.75, 3.05) is 6.54 Å². The van der Waals surface area contributed by atoms with Gasteiger partial charge in [0.25, 0.3) is 0 Å². The molecule has 3 heterocycles. The summed E-state index contributed by atoms with van der Waals surface area (Å²) in [6.07, 6.45) is -3.15. The number of aromatic hydroxyl groups is 1. The van der Waals surface area contributed by atoms with Gasteiger partial charge in [0.1, 0.15) is 5.76 Å². The molecule has 3 aromatic rings. The number of hydrogen-bond acceptors (Lipinski definition) is 3. The summed E-state index contributed by atoms with van der Waals surface area (Å²) in [5.74, 6) is 0.0374. The van der Waals surface area contributed by atoms with E-state index < -0.39 is 11.7 Å². The second kappa shape index (κ2) is 4.79. The summed E-state index contributed by atoms with van der Waals surface area (Å²) in [6, 6.07) is 5.91. The van der Waals surface area contributed by atoms with Gasteiger partial charge >= 0.3 is 6.18 Å². The Bertz CT molecular complexity index is 879. The van der Waals surface area contributed by atoms with Crippen LogP contribution in [0.2, 0.25) is 0 Å². The van der Waals surface area contributed by atoms with Crippen molar-refractivity contribution in [3.63, 3.8) is 0 Å². The summed E-state index contributed by atoms with van der Waals surface area (Å²) in [5, 5.41) is 13.7. The molecule has 2 aromatic heterocycles. The summed E-state index contributed by atoms with van der Waals surface area (Å²) in [7, 11) is 0. The molecule has 7 heteroatoms. The highest BCUT2D eigenvalue weighted by Crippen LogP contribution is 2.44.